The molecule has 6 nitrogen and oxygen atoms in total. The number of hydrogen-bond acceptors (Lipinski definition) is 6. The molecule has 0 bridgehead atoms. The molecule has 0 unspecified atom stereocenters. The minimum absolute atomic E-state index is 0.0509. The molecule has 112 valence electrons. The van der Waals surface area contributed by atoms with Crippen LogP contribution in [-0.2, 0) is 28.0 Å². The molecule has 0 N–H and O–H groups in total. The van der Waals surface area contributed by atoms with E-state index in [-0.39, 0.29) is 41.9 Å². The molecule has 0 radical (unpaired) electrons. The highest BCUT2D eigenvalue weighted by atomic mass is 31.2. The molecule has 1 aliphatic carbocycles. The van der Waals surface area contributed by atoms with Crippen LogP contribution in [0.5, 0.6) is 0 Å². The van der Waals surface area contributed by atoms with Crippen LogP contribution in [0.2, 0.25) is 0 Å². The van der Waals surface area contributed by atoms with Crippen LogP contribution in [-0.4, -0.2) is 37.7 Å². The molecule has 1 aliphatic rings. The van der Waals surface area contributed by atoms with Gasteiger partial charge < -0.3 is 9.05 Å². The summed E-state index contributed by atoms with van der Waals surface area (Å²) in [6.07, 6.45) is 0.489. The quantitative estimate of drug-likeness (QED) is 0.504. The maximum atomic E-state index is 11.9. The van der Waals surface area contributed by atoms with E-state index in [1.165, 1.54) is 14.2 Å². The van der Waals surface area contributed by atoms with E-state index in [0.717, 1.165) is 5.57 Å². The van der Waals surface area contributed by atoms with Gasteiger partial charge in [0.05, 0.1) is 5.57 Å². The molecule has 0 saturated carbocycles. The first-order chi connectivity index (χ1) is 9.33. The Hall–Kier alpha value is -1.10. The molecule has 1 rings (SSSR count). The summed E-state index contributed by atoms with van der Waals surface area (Å²) >= 11 is 0. The summed E-state index contributed by atoms with van der Waals surface area (Å²) in [6.45, 7) is 1.75. The number of hydrogen-bond donors (Lipinski definition) is 0. The van der Waals surface area contributed by atoms with E-state index in [0.29, 0.717) is 12.8 Å². The van der Waals surface area contributed by atoms with Gasteiger partial charge in [0, 0.05) is 33.5 Å². The maximum absolute atomic E-state index is 11.9. The summed E-state index contributed by atoms with van der Waals surface area (Å²) in [5.41, 5.74) is 1.02. The van der Waals surface area contributed by atoms with Crippen molar-refractivity contribution in [2.75, 3.05) is 20.4 Å². The van der Waals surface area contributed by atoms with Gasteiger partial charge in [-0.1, -0.05) is 5.57 Å². The third kappa shape index (κ3) is 4.20. The third-order valence-electron chi connectivity index (χ3n) is 3.27. The number of allylic oxidation sites excluding steroid dienone is 2. The monoisotopic (exact) mass is 302 g/mol. The third-order valence-corrected chi connectivity index (χ3v) is 5.12. The Labute approximate surface area is 118 Å². The summed E-state index contributed by atoms with van der Waals surface area (Å²) in [6, 6.07) is 0. The van der Waals surface area contributed by atoms with Gasteiger partial charge in [0.2, 0.25) is 0 Å². The minimum atomic E-state index is -3.39. The predicted octanol–water partition coefficient (Wildman–Crippen LogP) is 2.07. The fourth-order valence-corrected chi connectivity index (χ4v) is 3.06. The Kier molecular flexibility index (Phi) is 5.99. The van der Waals surface area contributed by atoms with E-state index < -0.39 is 7.60 Å². The van der Waals surface area contributed by atoms with Gasteiger partial charge in [-0.3, -0.25) is 18.9 Å². The van der Waals surface area contributed by atoms with Crippen LogP contribution in [0, 0.1) is 0 Å². The van der Waals surface area contributed by atoms with Crippen LogP contribution in [0.1, 0.15) is 32.6 Å². The summed E-state index contributed by atoms with van der Waals surface area (Å²) in [5.74, 6) is -0.850. The fourth-order valence-electron chi connectivity index (χ4n) is 2.06. The van der Waals surface area contributed by atoms with Gasteiger partial charge in [-0.05, 0) is 13.3 Å². The van der Waals surface area contributed by atoms with Crippen LogP contribution >= 0.6 is 7.60 Å². The molecule has 0 heterocycles. The molecule has 0 aromatic carbocycles. The molecule has 0 aromatic rings. The van der Waals surface area contributed by atoms with E-state index in [9.17, 15) is 18.9 Å². The number of carbonyl (C=O) groups is 3. The first kappa shape index (κ1) is 17.0. The molecule has 0 saturated heterocycles. The SMILES string of the molecule is COP(=O)(CC(=O)CCC(=O)C1=C(C)CCC1=O)OC. The standard InChI is InChI=1S/C13H19O6P/c1-9-4-6-11(15)13(9)12(16)7-5-10(14)8-20(17,18-2)19-3/h4-8H2,1-3H3. The lowest BCUT2D eigenvalue weighted by Gasteiger charge is -2.12. The smallest absolute Gasteiger partial charge is 0.312 e. The lowest BCUT2D eigenvalue weighted by atomic mass is 10.0. The second-order valence-electron chi connectivity index (χ2n) is 4.67. The van der Waals surface area contributed by atoms with E-state index in [4.69, 9.17) is 0 Å². The average molecular weight is 302 g/mol. The van der Waals surface area contributed by atoms with Crippen LogP contribution in [0.25, 0.3) is 0 Å². The van der Waals surface area contributed by atoms with Gasteiger partial charge in [0.25, 0.3) is 0 Å². The van der Waals surface area contributed by atoms with Gasteiger partial charge in [-0.15, -0.1) is 0 Å². The van der Waals surface area contributed by atoms with E-state index in [1.54, 1.807) is 6.92 Å². The lowest BCUT2D eigenvalue weighted by molar-refractivity contribution is -0.123. The molecule has 0 fully saturated rings. The van der Waals surface area contributed by atoms with Crippen molar-refractivity contribution in [1.82, 2.24) is 0 Å². The second kappa shape index (κ2) is 7.07. The van der Waals surface area contributed by atoms with Gasteiger partial charge in [0.1, 0.15) is 11.9 Å². The second-order valence-corrected chi connectivity index (χ2v) is 6.94. The Morgan fingerprint density at radius 2 is 1.75 bits per heavy atom. The fraction of sp³-hybridized carbons (Fsp3) is 0.615. The zero-order valence-electron chi connectivity index (χ0n) is 11.9. The minimum Gasteiger partial charge on any atom is -0.312 e. The lowest BCUT2D eigenvalue weighted by Crippen LogP contribution is -2.14. The number of ketones is 3. The maximum Gasteiger partial charge on any atom is 0.337 e. The Bertz CT molecular complexity index is 497. The summed E-state index contributed by atoms with van der Waals surface area (Å²) in [7, 11) is -0.982. The van der Waals surface area contributed by atoms with Crippen molar-refractivity contribution in [3.8, 4) is 0 Å². The van der Waals surface area contributed by atoms with Gasteiger partial charge in [0.15, 0.2) is 11.6 Å². The van der Waals surface area contributed by atoms with E-state index in [2.05, 4.69) is 9.05 Å². The number of carbonyl (C=O) groups excluding carboxylic acids is 3. The van der Waals surface area contributed by atoms with E-state index >= 15 is 0 Å². The highest BCUT2D eigenvalue weighted by Gasteiger charge is 2.28. The molecule has 0 spiro atoms. The Balaban J connectivity index is 2.54. The highest BCUT2D eigenvalue weighted by Crippen LogP contribution is 2.46. The largest absolute Gasteiger partial charge is 0.337 e. The van der Waals surface area contributed by atoms with Gasteiger partial charge in [-0.25, -0.2) is 0 Å². The molecule has 0 aliphatic heterocycles. The number of Topliss-reactive ketones (excluding diaryl/α,β-unsaturated/α-hetero) is 3. The van der Waals surface area contributed by atoms with Crippen LogP contribution in [0.4, 0.5) is 0 Å². The van der Waals surface area contributed by atoms with Crippen molar-refractivity contribution in [3.05, 3.63) is 11.1 Å². The molecule has 0 aromatic heterocycles. The van der Waals surface area contributed by atoms with Crippen molar-refractivity contribution in [3.63, 3.8) is 0 Å². The van der Waals surface area contributed by atoms with Gasteiger partial charge >= 0.3 is 7.60 Å². The first-order valence-corrected chi connectivity index (χ1v) is 8.04. The van der Waals surface area contributed by atoms with Crippen molar-refractivity contribution in [1.29, 1.82) is 0 Å². The normalized spacial score (nSPS) is 15.8. The van der Waals surface area contributed by atoms with E-state index in [1.807, 2.05) is 0 Å². The summed E-state index contributed by atoms with van der Waals surface area (Å²) in [4.78, 5) is 35.1. The van der Waals surface area contributed by atoms with Crippen LogP contribution < -0.4 is 0 Å². The van der Waals surface area contributed by atoms with Crippen molar-refractivity contribution in [2.45, 2.75) is 32.6 Å². The van der Waals surface area contributed by atoms with Crippen molar-refractivity contribution < 1.29 is 28.0 Å². The zero-order valence-corrected chi connectivity index (χ0v) is 12.8. The molecular formula is C13H19O6P. The molecule has 0 amide bonds. The Morgan fingerprint density at radius 3 is 2.20 bits per heavy atom. The first-order valence-electron chi connectivity index (χ1n) is 6.31. The topological polar surface area (TPSA) is 86.7 Å². The molecular weight excluding hydrogens is 283 g/mol. The van der Waals surface area contributed by atoms with Crippen LogP contribution in [0.15, 0.2) is 11.1 Å². The molecule has 7 heteroatoms. The molecule has 20 heavy (non-hydrogen) atoms. The van der Waals surface area contributed by atoms with Crippen molar-refractivity contribution in [2.24, 2.45) is 0 Å². The van der Waals surface area contributed by atoms with Gasteiger partial charge in [-0.2, -0.15) is 0 Å². The summed E-state index contributed by atoms with van der Waals surface area (Å²) in [5, 5.41) is 0. The average Bonchev–Trinajstić information content (AvgIpc) is 2.75. The number of rotatable bonds is 8. The highest BCUT2D eigenvalue weighted by molar-refractivity contribution is 7.54. The Morgan fingerprint density at radius 1 is 1.15 bits per heavy atom. The zero-order chi connectivity index (χ0) is 15.3. The van der Waals surface area contributed by atoms with Crippen molar-refractivity contribution >= 4 is 24.9 Å². The molecule has 0 atom stereocenters. The summed E-state index contributed by atoms with van der Waals surface area (Å²) < 4.78 is 21.1. The van der Waals surface area contributed by atoms with Crippen LogP contribution in [0.3, 0.4) is 0 Å². The predicted molar refractivity (Wildman–Crippen MR) is 72.7 cm³/mol.